The minimum absolute atomic E-state index is 0.103. The zero-order chi connectivity index (χ0) is 23.8. The summed E-state index contributed by atoms with van der Waals surface area (Å²) in [5.74, 6) is 0. The van der Waals surface area contributed by atoms with Gasteiger partial charge in [-0.15, -0.1) is 0 Å². The number of aryl methyl sites for hydroxylation is 1. The van der Waals surface area contributed by atoms with Gasteiger partial charge in [0, 0.05) is 0 Å². The fraction of sp³-hybridized carbons (Fsp3) is 0.613. The van der Waals surface area contributed by atoms with Crippen LogP contribution in [0.5, 0.6) is 0 Å². The number of rotatable bonds is 4. The zero-order valence-electron chi connectivity index (χ0n) is 22.6. The van der Waals surface area contributed by atoms with E-state index < -0.39 is 0 Å². The molecule has 0 N–H and O–H groups in total. The van der Waals surface area contributed by atoms with E-state index in [-0.39, 0.29) is 21.7 Å². The van der Waals surface area contributed by atoms with Crippen molar-refractivity contribution in [2.45, 2.75) is 124 Å². The lowest BCUT2D eigenvalue weighted by Gasteiger charge is -2.41. The van der Waals surface area contributed by atoms with Gasteiger partial charge in [-0.05, 0) is 74.3 Å². The van der Waals surface area contributed by atoms with Gasteiger partial charge in [0.2, 0.25) is 0 Å². The Bertz CT molecular complexity index is 869. The summed E-state index contributed by atoms with van der Waals surface area (Å²) >= 11 is 0. The van der Waals surface area contributed by atoms with Gasteiger partial charge in [-0.25, -0.2) is 0 Å². The summed E-state index contributed by atoms with van der Waals surface area (Å²) in [6, 6.07) is 13.5. The molecule has 0 amide bonds. The predicted octanol–water partition coefficient (Wildman–Crippen LogP) is 9.05. The number of benzene rings is 2. The lowest BCUT2D eigenvalue weighted by Crippen LogP contribution is -2.32. The van der Waals surface area contributed by atoms with E-state index in [0.717, 1.165) is 12.8 Å². The first kappa shape index (κ1) is 25.7. The molecule has 0 saturated heterocycles. The molecule has 0 aliphatic rings. The van der Waals surface area contributed by atoms with E-state index in [1.54, 1.807) is 22.3 Å². The highest BCUT2D eigenvalue weighted by Crippen LogP contribution is 2.46. The Balaban J connectivity index is 2.78. The third-order valence-electron chi connectivity index (χ3n) is 6.29. The van der Waals surface area contributed by atoms with Crippen LogP contribution in [0.4, 0.5) is 0 Å². The van der Waals surface area contributed by atoms with E-state index in [9.17, 15) is 0 Å². The molecule has 172 valence electrons. The fourth-order valence-corrected chi connectivity index (χ4v) is 4.96. The van der Waals surface area contributed by atoms with Gasteiger partial charge in [-0.3, -0.25) is 0 Å². The molecule has 0 fully saturated rings. The fourth-order valence-electron chi connectivity index (χ4n) is 4.96. The lowest BCUT2D eigenvalue weighted by atomic mass is 9.64. The lowest BCUT2D eigenvalue weighted by molar-refractivity contribution is 0.483. The Morgan fingerprint density at radius 3 is 1.42 bits per heavy atom. The second-order valence-corrected chi connectivity index (χ2v) is 13.5. The van der Waals surface area contributed by atoms with E-state index in [4.69, 9.17) is 0 Å². The molecular formula is C31H48. The molecule has 0 aliphatic heterocycles. The van der Waals surface area contributed by atoms with Gasteiger partial charge in [-0.2, -0.15) is 0 Å². The van der Waals surface area contributed by atoms with Crippen LogP contribution in [-0.4, -0.2) is 0 Å². The van der Waals surface area contributed by atoms with E-state index in [1.807, 2.05) is 0 Å². The highest BCUT2D eigenvalue weighted by Gasteiger charge is 2.36. The Morgan fingerprint density at radius 1 is 0.516 bits per heavy atom. The summed E-state index contributed by atoms with van der Waals surface area (Å²) in [6.45, 7) is 28.7. The molecule has 0 unspecified atom stereocenters. The first-order valence-electron chi connectivity index (χ1n) is 12.2. The van der Waals surface area contributed by atoms with Crippen molar-refractivity contribution in [2.75, 3.05) is 0 Å². The summed E-state index contributed by atoms with van der Waals surface area (Å²) in [5, 5.41) is 0. The van der Waals surface area contributed by atoms with Crippen LogP contribution < -0.4 is 0 Å². The highest BCUT2D eigenvalue weighted by atomic mass is 14.4. The quantitative estimate of drug-likeness (QED) is 0.462. The average Bonchev–Trinajstić information content (AvgIpc) is 2.58. The molecule has 2 aromatic rings. The van der Waals surface area contributed by atoms with Crippen LogP contribution in [0.25, 0.3) is 0 Å². The van der Waals surface area contributed by atoms with E-state index in [0.29, 0.717) is 0 Å². The summed E-state index contributed by atoms with van der Waals surface area (Å²) in [6.07, 6.45) is 3.47. The van der Waals surface area contributed by atoms with Crippen LogP contribution in [0, 0.1) is 0 Å². The highest BCUT2D eigenvalue weighted by molar-refractivity contribution is 5.56. The molecule has 0 saturated carbocycles. The third-order valence-corrected chi connectivity index (χ3v) is 6.29. The van der Waals surface area contributed by atoms with Crippen LogP contribution in [0.15, 0.2) is 36.4 Å². The molecule has 31 heavy (non-hydrogen) atoms. The third kappa shape index (κ3) is 6.24. The van der Waals surface area contributed by atoms with Gasteiger partial charge in [0.05, 0.1) is 0 Å². The topological polar surface area (TPSA) is 0 Å². The molecule has 0 atom stereocenters. The predicted molar refractivity (Wildman–Crippen MR) is 140 cm³/mol. The van der Waals surface area contributed by atoms with Crippen molar-refractivity contribution in [3.8, 4) is 0 Å². The van der Waals surface area contributed by atoms with Crippen molar-refractivity contribution < 1.29 is 0 Å². The van der Waals surface area contributed by atoms with Crippen molar-refractivity contribution in [2.24, 2.45) is 0 Å². The SMILES string of the molecule is CC(C)(C)c1cc(C(C)(C)C)c(C(C)(C)C)c(C(C)(C)C)c1CCCc1ccccc1. The summed E-state index contributed by atoms with van der Waals surface area (Å²) in [7, 11) is 0. The van der Waals surface area contributed by atoms with Gasteiger partial charge in [0.1, 0.15) is 0 Å². The number of hydrogen-bond donors (Lipinski definition) is 0. The monoisotopic (exact) mass is 420 g/mol. The minimum Gasteiger partial charge on any atom is -0.0622 e. The Morgan fingerprint density at radius 2 is 1.00 bits per heavy atom. The molecule has 0 aromatic heterocycles. The molecule has 0 bridgehead atoms. The standard InChI is InChI=1S/C31H48/c1-28(2,3)24-21-25(29(4,5)6)27(31(10,11)12)26(30(7,8)9)23(24)20-16-19-22-17-14-13-15-18-22/h13-15,17-18,21H,16,19-20H2,1-12H3. The molecule has 0 aliphatic carbocycles. The van der Waals surface area contributed by atoms with Crippen LogP contribution in [0.3, 0.4) is 0 Å². The first-order valence-corrected chi connectivity index (χ1v) is 12.2. The van der Waals surface area contributed by atoms with Crippen LogP contribution in [0.2, 0.25) is 0 Å². The van der Waals surface area contributed by atoms with E-state index in [2.05, 4.69) is 119 Å². The van der Waals surface area contributed by atoms with E-state index in [1.165, 1.54) is 17.5 Å². The minimum atomic E-state index is 0.103. The molecule has 0 radical (unpaired) electrons. The molecular weight excluding hydrogens is 372 g/mol. The van der Waals surface area contributed by atoms with Gasteiger partial charge in [0.15, 0.2) is 0 Å². The normalized spacial score (nSPS) is 13.5. The van der Waals surface area contributed by atoms with Gasteiger partial charge in [-0.1, -0.05) is 119 Å². The second-order valence-electron chi connectivity index (χ2n) is 13.5. The van der Waals surface area contributed by atoms with Crippen LogP contribution in [-0.2, 0) is 34.5 Å². The molecule has 0 heterocycles. The summed E-state index contributed by atoms with van der Waals surface area (Å²) in [4.78, 5) is 0. The zero-order valence-corrected chi connectivity index (χ0v) is 22.6. The van der Waals surface area contributed by atoms with Gasteiger partial charge in [0.25, 0.3) is 0 Å². The van der Waals surface area contributed by atoms with Crippen molar-refractivity contribution in [3.63, 3.8) is 0 Å². The maximum Gasteiger partial charge on any atom is -0.0126 e. The maximum absolute atomic E-state index is 2.58. The van der Waals surface area contributed by atoms with Crippen LogP contribution >= 0.6 is 0 Å². The molecule has 0 heteroatoms. The Labute approximate surface area is 193 Å². The second kappa shape index (κ2) is 8.76. The average molecular weight is 421 g/mol. The van der Waals surface area contributed by atoms with Gasteiger partial charge < -0.3 is 0 Å². The van der Waals surface area contributed by atoms with Crippen molar-refractivity contribution in [1.82, 2.24) is 0 Å². The molecule has 2 aromatic carbocycles. The summed E-state index contributed by atoms with van der Waals surface area (Å²) in [5.41, 5.74) is 9.75. The van der Waals surface area contributed by atoms with Crippen molar-refractivity contribution in [3.05, 3.63) is 69.8 Å². The van der Waals surface area contributed by atoms with Crippen molar-refractivity contribution >= 4 is 0 Å². The largest absolute Gasteiger partial charge is 0.0622 e. The molecule has 0 nitrogen and oxygen atoms in total. The Kier molecular flexibility index (Phi) is 7.26. The van der Waals surface area contributed by atoms with E-state index >= 15 is 0 Å². The smallest absolute Gasteiger partial charge is 0.0126 e. The maximum atomic E-state index is 2.58. The first-order chi connectivity index (χ1) is 13.9. The van der Waals surface area contributed by atoms with Gasteiger partial charge >= 0.3 is 0 Å². The molecule has 0 spiro atoms. The Hall–Kier alpha value is -1.56. The molecule has 2 rings (SSSR count). The van der Waals surface area contributed by atoms with Crippen molar-refractivity contribution in [1.29, 1.82) is 0 Å². The number of hydrogen-bond acceptors (Lipinski definition) is 0. The summed E-state index contributed by atoms with van der Waals surface area (Å²) < 4.78 is 0. The van der Waals surface area contributed by atoms with Crippen LogP contribution in [0.1, 0.15) is 123 Å².